The van der Waals surface area contributed by atoms with Crippen LogP contribution in [-0.4, -0.2) is 0 Å². The van der Waals surface area contributed by atoms with Crippen molar-refractivity contribution in [3.8, 4) is 0 Å². The van der Waals surface area contributed by atoms with Gasteiger partial charge in [-0.2, -0.15) is 0 Å². The second kappa shape index (κ2) is 5.33. The first kappa shape index (κ1) is 12.7. The molecule has 0 amide bonds. The number of benzene rings is 3. The van der Waals surface area contributed by atoms with E-state index in [-0.39, 0.29) is 11.9 Å². The van der Waals surface area contributed by atoms with Crippen molar-refractivity contribution < 1.29 is 4.39 Å². The average Bonchev–Trinajstić information content (AvgIpc) is 2.48. The standard InChI is InChI=1S/C18H16FN/c1-13(14-6-9-17(19)10-7-14)20-18-11-8-15-4-2-3-5-16(15)12-18/h2-13,20H,1H3. The van der Waals surface area contributed by atoms with Gasteiger partial charge in [0.1, 0.15) is 5.82 Å². The van der Waals surface area contributed by atoms with Crippen LogP contribution < -0.4 is 5.32 Å². The summed E-state index contributed by atoms with van der Waals surface area (Å²) in [5, 5.41) is 5.89. The molecule has 0 aliphatic heterocycles. The Bertz CT molecular complexity index is 719. The van der Waals surface area contributed by atoms with Crippen LogP contribution in [-0.2, 0) is 0 Å². The van der Waals surface area contributed by atoms with Gasteiger partial charge in [0.15, 0.2) is 0 Å². The van der Waals surface area contributed by atoms with Crippen molar-refractivity contribution in [2.75, 3.05) is 5.32 Å². The number of nitrogens with one attached hydrogen (secondary N) is 1. The van der Waals surface area contributed by atoms with E-state index in [0.717, 1.165) is 11.3 Å². The van der Waals surface area contributed by atoms with Gasteiger partial charge in [-0.25, -0.2) is 4.39 Å². The lowest BCUT2D eigenvalue weighted by Gasteiger charge is -2.16. The first-order valence-electron chi connectivity index (χ1n) is 6.73. The predicted octanol–water partition coefficient (Wildman–Crippen LogP) is 5.15. The average molecular weight is 265 g/mol. The third kappa shape index (κ3) is 2.64. The molecule has 0 heterocycles. The molecule has 20 heavy (non-hydrogen) atoms. The number of hydrogen-bond acceptors (Lipinski definition) is 1. The van der Waals surface area contributed by atoms with Gasteiger partial charge in [0.05, 0.1) is 0 Å². The number of halogens is 1. The zero-order valence-electron chi connectivity index (χ0n) is 11.3. The molecule has 0 bridgehead atoms. The predicted molar refractivity (Wildman–Crippen MR) is 82.4 cm³/mol. The third-order valence-corrected chi connectivity index (χ3v) is 3.50. The molecule has 0 aliphatic carbocycles. The van der Waals surface area contributed by atoms with E-state index in [0.29, 0.717) is 0 Å². The lowest BCUT2D eigenvalue weighted by molar-refractivity contribution is 0.626. The smallest absolute Gasteiger partial charge is 0.123 e. The second-order valence-electron chi connectivity index (χ2n) is 4.98. The van der Waals surface area contributed by atoms with Crippen LogP contribution in [0.3, 0.4) is 0 Å². The summed E-state index contributed by atoms with van der Waals surface area (Å²) in [6.07, 6.45) is 0. The van der Waals surface area contributed by atoms with E-state index < -0.39 is 0 Å². The maximum atomic E-state index is 12.9. The molecule has 1 unspecified atom stereocenters. The number of anilines is 1. The van der Waals surface area contributed by atoms with Crippen molar-refractivity contribution in [3.05, 3.63) is 78.1 Å². The summed E-state index contributed by atoms with van der Waals surface area (Å²) in [4.78, 5) is 0. The lowest BCUT2D eigenvalue weighted by atomic mass is 10.1. The van der Waals surface area contributed by atoms with E-state index in [1.165, 1.54) is 22.9 Å². The van der Waals surface area contributed by atoms with E-state index in [9.17, 15) is 4.39 Å². The number of hydrogen-bond donors (Lipinski definition) is 1. The van der Waals surface area contributed by atoms with E-state index in [1.54, 1.807) is 0 Å². The van der Waals surface area contributed by atoms with E-state index >= 15 is 0 Å². The molecule has 1 atom stereocenters. The van der Waals surface area contributed by atoms with Gasteiger partial charge in [-0.05, 0) is 47.5 Å². The van der Waals surface area contributed by atoms with Crippen LogP contribution in [0.2, 0.25) is 0 Å². The molecular formula is C18H16FN. The van der Waals surface area contributed by atoms with Crippen LogP contribution >= 0.6 is 0 Å². The minimum Gasteiger partial charge on any atom is -0.379 e. The van der Waals surface area contributed by atoms with Crippen molar-refractivity contribution in [2.24, 2.45) is 0 Å². The molecular weight excluding hydrogens is 249 g/mol. The molecule has 1 nitrogen and oxygen atoms in total. The van der Waals surface area contributed by atoms with Gasteiger partial charge in [-0.15, -0.1) is 0 Å². The molecule has 0 spiro atoms. The molecule has 0 radical (unpaired) electrons. The monoisotopic (exact) mass is 265 g/mol. The Morgan fingerprint density at radius 3 is 2.30 bits per heavy atom. The Kier molecular flexibility index (Phi) is 3.38. The third-order valence-electron chi connectivity index (χ3n) is 3.50. The Balaban J connectivity index is 1.83. The van der Waals surface area contributed by atoms with Gasteiger partial charge in [0, 0.05) is 11.7 Å². The van der Waals surface area contributed by atoms with E-state index in [4.69, 9.17) is 0 Å². The highest BCUT2D eigenvalue weighted by Crippen LogP contribution is 2.23. The molecule has 3 rings (SSSR count). The van der Waals surface area contributed by atoms with E-state index in [2.05, 4.69) is 42.6 Å². The summed E-state index contributed by atoms with van der Waals surface area (Å²) in [6.45, 7) is 2.07. The fraction of sp³-hybridized carbons (Fsp3) is 0.111. The topological polar surface area (TPSA) is 12.0 Å². The Morgan fingerprint density at radius 1 is 0.850 bits per heavy atom. The summed E-state index contributed by atoms with van der Waals surface area (Å²) >= 11 is 0. The van der Waals surface area contributed by atoms with Crippen molar-refractivity contribution in [3.63, 3.8) is 0 Å². The van der Waals surface area contributed by atoms with Gasteiger partial charge in [-0.1, -0.05) is 42.5 Å². The Morgan fingerprint density at radius 2 is 1.55 bits per heavy atom. The van der Waals surface area contributed by atoms with Crippen molar-refractivity contribution in [1.82, 2.24) is 0 Å². The maximum absolute atomic E-state index is 12.9. The zero-order valence-corrected chi connectivity index (χ0v) is 11.3. The quantitative estimate of drug-likeness (QED) is 0.690. The molecule has 0 aliphatic rings. The molecule has 1 N–H and O–H groups in total. The molecule has 0 aromatic heterocycles. The number of rotatable bonds is 3. The maximum Gasteiger partial charge on any atom is 0.123 e. The molecule has 0 saturated heterocycles. The fourth-order valence-corrected chi connectivity index (χ4v) is 2.36. The fourth-order valence-electron chi connectivity index (χ4n) is 2.36. The van der Waals surface area contributed by atoms with Gasteiger partial charge < -0.3 is 5.32 Å². The lowest BCUT2D eigenvalue weighted by Crippen LogP contribution is -2.06. The SMILES string of the molecule is CC(Nc1ccc2ccccc2c1)c1ccc(F)cc1. The minimum atomic E-state index is -0.202. The zero-order chi connectivity index (χ0) is 13.9. The van der Waals surface area contributed by atoms with Crippen LogP contribution in [0, 0.1) is 5.82 Å². The highest BCUT2D eigenvalue weighted by Gasteiger charge is 2.05. The normalized spacial score (nSPS) is 12.3. The summed E-state index contributed by atoms with van der Waals surface area (Å²) in [7, 11) is 0. The molecule has 3 aromatic carbocycles. The number of fused-ring (bicyclic) bond motifs is 1. The van der Waals surface area contributed by atoms with Gasteiger partial charge in [0.2, 0.25) is 0 Å². The summed E-state index contributed by atoms with van der Waals surface area (Å²) in [6, 6.07) is 21.3. The molecule has 100 valence electrons. The van der Waals surface area contributed by atoms with Gasteiger partial charge in [-0.3, -0.25) is 0 Å². The molecule has 3 aromatic rings. The van der Waals surface area contributed by atoms with Crippen LogP contribution in [0.25, 0.3) is 10.8 Å². The van der Waals surface area contributed by atoms with E-state index in [1.807, 2.05) is 24.3 Å². The molecule has 2 heteroatoms. The Labute approximate surface area is 118 Å². The van der Waals surface area contributed by atoms with Gasteiger partial charge in [0.25, 0.3) is 0 Å². The largest absolute Gasteiger partial charge is 0.379 e. The summed E-state index contributed by atoms with van der Waals surface area (Å²) in [5.74, 6) is -0.202. The van der Waals surface area contributed by atoms with Crippen LogP contribution in [0.15, 0.2) is 66.7 Å². The van der Waals surface area contributed by atoms with Crippen molar-refractivity contribution in [1.29, 1.82) is 0 Å². The van der Waals surface area contributed by atoms with Crippen LogP contribution in [0.5, 0.6) is 0 Å². The molecule has 0 saturated carbocycles. The highest BCUT2D eigenvalue weighted by atomic mass is 19.1. The minimum absolute atomic E-state index is 0.136. The summed E-state index contributed by atoms with van der Waals surface area (Å²) in [5.41, 5.74) is 2.14. The first-order valence-corrected chi connectivity index (χ1v) is 6.73. The summed E-state index contributed by atoms with van der Waals surface area (Å²) < 4.78 is 12.9. The van der Waals surface area contributed by atoms with Crippen LogP contribution in [0.1, 0.15) is 18.5 Å². The van der Waals surface area contributed by atoms with Crippen molar-refractivity contribution in [2.45, 2.75) is 13.0 Å². The van der Waals surface area contributed by atoms with Crippen molar-refractivity contribution >= 4 is 16.5 Å². The van der Waals surface area contributed by atoms with Gasteiger partial charge >= 0.3 is 0 Å². The first-order chi connectivity index (χ1) is 9.72. The highest BCUT2D eigenvalue weighted by molar-refractivity contribution is 5.85. The second-order valence-corrected chi connectivity index (χ2v) is 4.98. The van der Waals surface area contributed by atoms with Crippen LogP contribution in [0.4, 0.5) is 10.1 Å². The molecule has 0 fully saturated rings. The Hall–Kier alpha value is -2.35.